The molecule has 0 aromatic heterocycles. The van der Waals surface area contributed by atoms with Crippen LogP contribution < -0.4 is 5.73 Å². The van der Waals surface area contributed by atoms with Gasteiger partial charge in [-0.1, -0.05) is 24.3 Å². The smallest absolute Gasteiger partial charge is 0.339 e. The SMILES string of the molecule is NCC=Cc1cccc(F)c1C(=O)O. The van der Waals surface area contributed by atoms with Gasteiger partial charge in [0.2, 0.25) is 0 Å². The zero-order valence-electron chi connectivity index (χ0n) is 7.40. The Hall–Kier alpha value is -1.68. The highest BCUT2D eigenvalue weighted by Crippen LogP contribution is 2.14. The molecule has 0 atom stereocenters. The summed E-state index contributed by atoms with van der Waals surface area (Å²) in [5, 5.41) is 8.74. The second kappa shape index (κ2) is 4.53. The molecule has 3 N–H and O–H groups in total. The van der Waals surface area contributed by atoms with Crippen LogP contribution in [-0.4, -0.2) is 17.6 Å². The standard InChI is InChI=1S/C10H10FNO2/c11-8-5-1-3-7(4-2-6-12)9(8)10(13)14/h1-5H,6,12H2,(H,13,14). The summed E-state index contributed by atoms with van der Waals surface area (Å²) in [7, 11) is 0. The van der Waals surface area contributed by atoms with Gasteiger partial charge in [0, 0.05) is 6.54 Å². The summed E-state index contributed by atoms with van der Waals surface area (Å²) in [4.78, 5) is 10.7. The zero-order chi connectivity index (χ0) is 10.6. The Labute approximate surface area is 80.7 Å². The van der Waals surface area contributed by atoms with E-state index in [9.17, 15) is 9.18 Å². The van der Waals surface area contributed by atoms with Crippen molar-refractivity contribution in [1.82, 2.24) is 0 Å². The number of hydrogen-bond acceptors (Lipinski definition) is 2. The van der Waals surface area contributed by atoms with E-state index in [0.29, 0.717) is 5.56 Å². The Kier molecular flexibility index (Phi) is 3.36. The fraction of sp³-hybridized carbons (Fsp3) is 0.100. The van der Waals surface area contributed by atoms with E-state index in [4.69, 9.17) is 10.8 Å². The minimum absolute atomic E-state index is 0.287. The highest BCUT2D eigenvalue weighted by atomic mass is 19.1. The molecule has 0 aliphatic rings. The van der Waals surface area contributed by atoms with E-state index in [1.54, 1.807) is 6.08 Å². The quantitative estimate of drug-likeness (QED) is 0.768. The van der Waals surface area contributed by atoms with Gasteiger partial charge in [-0.05, 0) is 11.6 Å². The Balaban J connectivity index is 3.21. The van der Waals surface area contributed by atoms with E-state index < -0.39 is 11.8 Å². The van der Waals surface area contributed by atoms with E-state index >= 15 is 0 Å². The summed E-state index contributed by atoms with van der Waals surface area (Å²) in [5.41, 5.74) is 5.21. The van der Waals surface area contributed by atoms with Crippen molar-refractivity contribution in [3.8, 4) is 0 Å². The van der Waals surface area contributed by atoms with E-state index in [1.807, 2.05) is 0 Å². The number of halogens is 1. The third-order valence-electron chi connectivity index (χ3n) is 1.69. The molecule has 3 nitrogen and oxygen atoms in total. The number of carboxylic acids is 1. The molecule has 0 saturated carbocycles. The van der Waals surface area contributed by atoms with Crippen LogP contribution in [0.5, 0.6) is 0 Å². The fourth-order valence-electron chi connectivity index (χ4n) is 1.10. The van der Waals surface area contributed by atoms with Crippen LogP contribution in [0.4, 0.5) is 4.39 Å². The van der Waals surface area contributed by atoms with Gasteiger partial charge in [-0.15, -0.1) is 0 Å². The van der Waals surface area contributed by atoms with E-state index in [2.05, 4.69) is 0 Å². The highest BCUT2D eigenvalue weighted by Gasteiger charge is 2.13. The van der Waals surface area contributed by atoms with Crippen molar-refractivity contribution in [2.24, 2.45) is 5.73 Å². The Morgan fingerprint density at radius 1 is 1.57 bits per heavy atom. The molecule has 14 heavy (non-hydrogen) atoms. The predicted octanol–water partition coefficient (Wildman–Crippen LogP) is 1.50. The molecule has 0 spiro atoms. The lowest BCUT2D eigenvalue weighted by Crippen LogP contribution is -2.03. The van der Waals surface area contributed by atoms with Gasteiger partial charge in [-0.3, -0.25) is 0 Å². The molecular formula is C10H10FNO2. The van der Waals surface area contributed by atoms with Crippen LogP contribution in [0.25, 0.3) is 6.08 Å². The van der Waals surface area contributed by atoms with Gasteiger partial charge in [0.1, 0.15) is 11.4 Å². The van der Waals surface area contributed by atoms with Crippen molar-refractivity contribution in [1.29, 1.82) is 0 Å². The maximum absolute atomic E-state index is 13.1. The van der Waals surface area contributed by atoms with E-state index in [0.717, 1.165) is 6.07 Å². The van der Waals surface area contributed by atoms with Gasteiger partial charge in [-0.2, -0.15) is 0 Å². The molecule has 0 heterocycles. The summed E-state index contributed by atoms with van der Waals surface area (Å²) in [5.74, 6) is -2.02. The molecule has 4 heteroatoms. The minimum atomic E-state index is -1.28. The van der Waals surface area contributed by atoms with Crippen molar-refractivity contribution in [3.63, 3.8) is 0 Å². The van der Waals surface area contributed by atoms with Crippen molar-refractivity contribution in [2.45, 2.75) is 0 Å². The van der Waals surface area contributed by atoms with Gasteiger partial charge >= 0.3 is 5.97 Å². The van der Waals surface area contributed by atoms with Crippen molar-refractivity contribution in [3.05, 3.63) is 41.2 Å². The first-order valence-electron chi connectivity index (χ1n) is 4.05. The monoisotopic (exact) mass is 195 g/mol. The van der Waals surface area contributed by atoms with E-state index in [1.165, 1.54) is 18.2 Å². The first kappa shape index (κ1) is 10.4. The van der Waals surface area contributed by atoms with Gasteiger partial charge in [0.15, 0.2) is 0 Å². The molecule has 1 aromatic carbocycles. The minimum Gasteiger partial charge on any atom is -0.478 e. The normalized spacial score (nSPS) is 10.7. The van der Waals surface area contributed by atoms with Crippen LogP contribution in [-0.2, 0) is 0 Å². The van der Waals surface area contributed by atoms with Gasteiger partial charge in [-0.25, -0.2) is 9.18 Å². The summed E-state index contributed by atoms with van der Waals surface area (Å²) in [6.07, 6.45) is 3.06. The molecule has 1 rings (SSSR count). The van der Waals surface area contributed by atoms with Crippen molar-refractivity contribution in [2.75, 3.05) is 6.54 Å². The average Bonchev–Trinajstić information content (AvgIpc) is 2.14. The van der Waals surface area contributed by atoms with Gasteiger partial charge < -0.3 is 10.8 Å². The van der Waals surface area contributed by atoms with Gasteiger partial charge in [0.25, 0.3) is 0 Å². The van der Waals surface area contributed by atoms with Crippen molar-refractivity contribution >= 4 is 12.0 Å². The molecule has 74 valence electrons. The maximum atomic E-state index is 13.1. The summed E-state index contributed by atoms with van der Waals surface area (Å²) < 4.78 is 13.1. The molecule has 0 fully saturated rings. The Bertz CT molecular complexity index is 374. The number of benzene rings is 1. The van der Waals surface area contributed by atoms with Crippen LogP contribution in [0.15, 0.2) is 24.3 Å². The third kappa shape index (κ3) is 2.17. The van der Waals surface area contributed by atoms with Crippen LogP contribution >= 0.6 is 0 Å². The lowest BCUT2D eigenvalue weighted by molar-refractivity contribution is 0.0691. The molecule has 0 saturated heterocycles. The zero-order valence-corrected chi connectivity index (χ0v) is 7.40. The predicted molar refractivity (Wildman–Crippen MR) is 51.4 cm³/mol. The average molecular weight is 195 g/mol. The Morgan fingerprint density at radius 2 is 2.29 bits per heavy atom. The van der Waals surface area contributed by atoms with Crippen LogP contribution in [0, 0.1) is 5.82 Å². The van der Waals surface area contributed by atoms with Crippen LogP contribution in [0.3, 0.4) is 0 Å². The summed E-state index contributed by atoms with van der Waals surface area (Å²) in [6, 6.07) is 4.10. The number of aromatic carboxylic acids is 1. The third-order valence-corrected chi connectivity index (χ3v) is 1.69. The molecule has 0 aliphatic carbocycles. The maximum Gasteiger partial charge on any atom is 0.339 e. The number of carbonyl (C=O) groups is 1. The second-order valence-electron chi connectivity index (χ2n) is 2.65. The molecule has 0 aliphatic heterocycles. The molecular weight excluding hydrogens is 185 g/mol. The van der Waals surface area contributed by atoms with Crippen molar-refractivity contribution < 1.29 is 14.3 Å². The lowest BCUT2D eigenvalue weighted by Gasteiger charge is -2.01. The van der Waals surface area contributed by atoms with E-state index in [-0.39, 0.29) is 12.1 Å². The first-order valence-corrected chi connectivity index (χ1v) is 4.05. The summed E-state index contributed by atoms with van der Waals surface area (Å²) in [6.45, 7) is 0.287. The Morgan fingerprint density at radius 3 is 2.86 bits per heavy atom. The second-order valence-corrected chi connectivity index (χ2v) is 2.65. The summed E-state index contributed by atoms with van der Waals surface area (Å²) >= 11 is 0. The first-order chi connectivity index (χ1) is 6.66. The number of hydrogen-bond donors (Lipinski definition) is 2. The molecule has 0 amide bonds. The molecule has 0 radical (unpaired) electrons. The van der Waals surface area contributed by atoms with Crippen LogP contribution in [0.2, 0.25) is 0 Å². The molecule has 0 bridgehead atoms. The number of carboxylic acid groups (broad SMARTS) is 1. The number of rotatable bonds is 3. The lowest BCUT2D eigenvalue weighted by atomic mass is 10.1. The molecule has 1 aromatic rings. The van der Waals surface area contributed by atoms with Gasteiger partial charge in [0.05, 0.1) is 0 Å². The largest absolute Gasteiger partial charge is 0.478 e. The highest BCUT2D eigenvalue weighted by molar-refractivity contribution is 5.92. The molecule has 0 unspecified atom stereocenters. The fourth-order valence-corrected chi connectivity index (χ4v) is 1.10. The number of nitrogens with two attached hydrogens (primary N) is 1. The van der Waals surface area contributed by atoms with Crippen LogP contribution in [0.1, 0.15) is 15.9 Å². The topological polar surface area (TPSA) is 63.3 Å².